The molecule has 0 amide bonds. The fourth-order valence-electron chi connectivity index (χ4n) is 6.92. The molecule has 40 heavy (non-hydrogen) atoms. The van der Waals surface area contributed by atoms with Gasteiger partial charge in [0.15, 0.2) is 16.1 Å². The van der Waals surface area contributed by atoms with E-state index < -0.39 is 0 Å². The number of benzene rings is 2. The zero-order chi connectivity index (χ0) is 28.2. The second kappa shape index (κ2) is 16.6. The van der Waals surface area contributed by atoms with Crippen LogP contribution in [0.15, 0.2) is 34.7 Å². The molecule has 0 N–H and O–H groups in total. The first-order chi connectivity index (χ1) is 19.6. The average molecular weight is 565 g/mol. The van der Waals surface area contributed by atoms with Gasteiger partial charge < -0.3 is 4.42 Å². The van der Waals surface area contributed by atoms with Crippen molar-refractivity contribution in [1.29, 1.82) is 0 Å². The van der Waals surface area contributed by atoms with Crippen molar-refractivity contribution < 1.29 is 8.81 Å². The van der Waals surface area contributed by atoms with Crippen LogP contribution in [0.1, 0.15) is 153 Å². The van der Waals surface area contributed by atoms with Crippen LogP contribution in [0.2, 0.25) is 0 Å². The molecule has 1 fully saturated rings. The van der Waals surface area contributed by atoms with E-state index in [1.54, 1.807) is 0 Å². The summed E-state index contributed by atoms with van der Waals surface area (Å²) in [5.41, 5.74) is 2.46. The Hall–Kier alpha value is -1.74. The van der Waals surface area contributed by atoms with Gasteiger partial charge in [-0.3, -0.25) is 0 Å². The Morgan fingerprint density at radius 1 is 0.700 bits per heavy atom. The van der Waals surface area contributed by atoms with Crippen LogP contribution in [0.3, 0.4) is 0 Å². The van der Waals surface area contributed by atoms with Crippen LogP contribution in [0.4, 0.5) is 4.39 Å². The number of hydrogen-bond donors (Lipinski definition) is 0. The molecule has 0 spiro atoms. The van der Waals surface area contributed by atoms with E-state index in [1.165, 1.54) is 115 Å². The van der Waals surface area contributed by atoms with Crippen LogP contribution in [-0.2, 0) is 6.42 Å². The van der Waals surface area contributed by atoms with Crippen molar-refractivity contribution in [3.63, 3.8) is 0 Å². The van der Waals surface area contributed by atoms with E-state index in [4.69, 9.17) is 16.6 Å². The summed E-state index contributed by atoms with van der Waals surface area (Å²) in [6, 6.07) is 10.7. The number of hydrogen-bond acceptors (Lipinski definition) is 2. The molecule has 220 valence electrons. The minimum atomic E-state index is -0.222. The minimum Gasteiger partial charge on any atom is -0.441 e. The summed E-state index contributed by atoms with van der Waals surface area (Å²) in [5.74, 6) is 1.28. The van der Waals surface area contributed by atoms with Crippen LogP contribution in [0.25, 0.3) is 21.7 Å². The Morgan fingerprint density at radius 2 is 1.30 bits per heavy atom. The third-order valence-electron chi connectivity index (χ3n) is 9.51. The highest BCUT2D eigenvalue weighted by Gasteiger charge is 2.23. The molecule has 0 bridgehead atoms. The van der Waals surface area contributed by atoms with Crippen molar-refractivity contribution in [2.45, 2.75) is 148 Å². The van der Waals surface area contributed by atoms with Crippen LogP contribution in [0.5, 0.6) is 0 Å². The quantitative estimate of drug-likeness (QED) is 0.0918. The third-order valence-corrected chi connectivity index (χ3v) is 9.81. The molecule has 0 aliphatic heterocycles. The average Bonchev–Trinajstić information content (AvgIpc) is 2.98. The SMILES string of the molecule is CCCCCCCCCc1ccc2c(oc(=S)c3cc(C4CCC(CCCCCCCCC)CC4)ccc32)c1F. The zero-order valence-corrected chi connectivity index (χ0v) is 26.2. The Labute approximate surface area is 248 Å². The van der Waals surface area contributed by atoms with Gasteiger partial charge in [0.05, 0.1) is 0 Å². The van der Waals surface area contributed by atoms with Gasteiger partial charge in [-0.1, -0.05) is 128 Å². The van der Waals surface area contributed by atoms with Crippen molar-refractivity contribution in [2.24, 2.45) is 5.92 Å². The van der Waals surface area contributed by atoms with Crippen molar-refractivity contribution in [3.05, 3.63) is 52.0 Å². The summed E-state index contributed by atoms with van der Waals surface area (Å²) in [6.45, 7) is 4.53. The van der Waals surface area contributed by atoms with Gasteiger partial charge in [-0.05, 0) is 85.2 Å². The van der Waals surface area contributed by atoms with E-state index in [0.29, 0.717) is 16.2 Å². The van der Waals surface area contributed by atoms with Crippen molar-refractivity contribution in [3.8, 4) is 0 Å². The second-order valence-corrected chi connectivity index (χ2v) is 13.0. The van der Waals surface area contributed by atoms with E-state index in [-0.39, 0.29) is 5.82 Å². The molecule has 1 saturated carbocycles. The Balaban J connectivity index is 1.33. The monoisotopic (exact) mass is 564 g/mol. The van der Waals surface area contributed by atoms with Crippen molar-refractivity contribution in [1.82, 2.24) is 0 Å². The van der Waals surface area contributed by atoms with Gasteiger partial charge in [0.2, 0.25) is 0 Å². The molecule has 1 nitrogen and oxygen atoms in total. The van der Waals surface area contributed by atoms with Gasteiger partial charge in [-0.2, -0.15) is 0 Å². The largest absolute Gasteiger partial charge is 0.441 e. The molecule has 1 aliphatic rings. The lowest BCUT2D eigenvalue weighted by Crippen LogP contribution is -2.13. The Morgan fingerprint density at radius 3 is 1.98 bits per heavy atom. The Bertz CT molecular complexity index is 1240. The van der Waals surface area contributed by atoms with E-state index >= 15 is 4.39 Å². The summed E-state index contributed by atoms with van der Waals surface area (Å²) in [5, 5.41) is 2.82. The molecular formula is C37H53FOS. The standard InChI is InChI=1S/C37H53FOS/c1-3-5-7-9-11-13-15-17-28-19-21-29(22-20-28)31-24-25-32-33-26-23-30(18-16-14-12-10-8-6-4-2)35(38)36(33)39-37(40)34(32)27-31/h23-29H,3-22H2,1-2H3. The van der Waals surface area contributed by atoms with Crippen LogP contribution in [0, 0.1) is 16.4 Å². The van der Waals surface area contributed by atoms with Gasteiger partial charge in [-0.15, -0.1) is 0 Å². The summed E-state index contributed by atoms with van der Waals surface area (Å²) in [6.07, 6.45) is 25.8. The lowest BCUT2D eigenvalue weighted by molar-refractivity contribution is 0.302. The fraction of sp³-hybridized carbons (Fsp3) is 0.649. The summed E-state index contributed by atoms with van der Waals surface area (Å²) in [4.78, 5) is 0. The van der Waals surface area contributed by atoms with Gasteiger partial charge >= 0.3 is 0 Å². The normalized spacial score (nSPS) is 17.7. The molecule has 0 saturated heterocycles. The fourth-order valence-corrected chi connectivity index (χ4v) is 7.17. The van der Waals surface area contributed by atoms with Crippen molar-refractivity contribution in [2.75, 3.05) is 0 Å². The van der Waals surface area contributed by atoms with E-state index in [0.717, 1.165) is 46.9 Å². The number of fused-ring (bicyclic) bond motifs is 3. The highest BCUT2D eigenvalue weighted by Crippen LogP contribution is 2.40. The predicted molar refractivity (Wildman–Crippen MR) is 174 cm³/mol. The van der Waals surface area contributed by atoms with E-state index in [9.17, 15) is 0 Å². The van der Waals surface area contributed by atoms with Gasteiger partial charge in [0, 0.05) is 10.8 Å². The first kappa shape index (κ1) is 31.2. The molecule has 3 aromatic rings. The summed E-state index contributed by atoms with van der Waals surface area (Å²) < 4.78 is 21.9. The molecule has 1 aromatic heterocycles. The van der Waals surface area contributed by atoms with Gasteiger partial charge in [0.1, 0.15) is 0 Å². The molecule has 1 heterocycles. The van der Waals surface area contributed by atoms with Crippen LogP contribution < -0.4 is 0 Å². The smallest absolute Gasteiger partial charge is 0.198 e. The first-order valence-corrected chi connectivity index (χ1v) is 17.2. The summed E-state index contributed by atoms with van der Waals surface area (Å²) in [7, 11) is 0. The van der Waals surface area contributed by atoms with E-state index in [2.05, 4.69) is 32.0 Å². The lowest BCUT2D eigenvalue weighted by atomic mass is 9.76. The van der Waals surface area contributed by atoms with Crippen molar-refractivity contribution >= 4 is 34.0 Å². The molecule has 0 atom stereocenters. The number of halogens is 1. The maximum absolute atomic E-state index is 15.5. The molecule has 0 unspecified atom stereocenters. The highest BCUT2D eigenvalue weighted by atomic mass is 32.1. The minimum absolute atomic E-state index is 0.222. The third kappa shape index (κ3) is 8.63. The molecule has 1 aliphatic carbocycles. The first-order valence-electron chi connectivity index (χ1n) is 16.8. The highest BCUT2D eigenvalue weighted by molar-refractivity contribution is 7.71. The second-order valence-electron chi connectivity index (χ2n) is 12.6. The number of rotatable bonds is 17. The van der Waals surface area contributed by atoms with Crippen LogP contribution in [-0.4, -0.2) is 0 Å². The molecule has 2 aromatic carbocycles. The maximum atomic E-state index is 15.5. The number of unbranched alkanes of at least 4 members (excludes halogenated alkanes) is 12. The van der Waals surface area contributed by atoms with Gasteiger partial charge in [0.25, 0.3) is 0 Å². The topological polar surface area (TPSA) is 13.1 Å². The Kier molecular flexibility index (Phi) is 13.0. The summed E-state index contributed by atoms with van der Waals surface area (Å²) >= 11 is 5.68. The van der Waals surface area contributed by atoms with Gasteiger partial charge in [-0.25, -0.2) is 4.39 Å². The zero-order valence-electron chi connectivity index (χ0n) is 25.4. The van der Waals surface area contributed by atoms with E-state index in [1.807, 2.05) is 12.1 Å². The lowest BCUT2D eigenvalue weighted by Gasteiger charge is -2.29. The molecule has 0 radical (unpaired) electrons. The van der Waals surface area contributed by atoms with Crippen LogP contribution >= 0.6 is 12.2 Å². The predicted octanol–water partition coefficient (Wildman–Crippen LogP) is 13.2. The number of aryl methyl sites for hydroxylation is 1. The molecule has 3 heteroatoms. The molecular weight excluding hydrogens is 511 g/mol. The molecule has 4 rings (SSSR count). The maximum Gasteiger partial charge on any atom is 0.198 e.